The first kappa shape index (κ1) is 15.2. The Morgan fingerprint density at radius 1 is 1.53 bits per heavy atom. The molecular formula is C12H24BrNO2Si. The van der Waals surface area contributed by atoms with E-state index in [9.17, 15) is 4.79 Å². The van der Waals surface area contributed by atoms with Gasteiger partial charge in [0.2, 0.25) is 5.91 Å². The van der Waals surface area contributed by atoms with Crippen molar-refractivity contribution in [3.63, 3.8) is 0 Å². The van der Waals surface area contributed by atoms with Gasteiger partial charge in [-0.05, 0) is 25.7 Å². The molecule has 0 aromatic rings. The molecule has 0 aromatic carbocycles. The van der Waals surface area contributed by atoms with E-state index in [-0.39, 0.29) is 17.2 Å². The highest BCUT2D eigenvalue weighted by molar-refractivity contribution is 9.09. The molecule has 1 fully saturated rings. The molecule has 2 atom stereocenters. The average Bonchev–Trinajstić information content (AvgIpc) is 2.36. The zero-order chi connectivity index (χ0) is 12.9. The van der Waals surface area contributed by atoms with Crippen LogP contribution in [0.25, 0.3) is 0 Å². The van der Waals surface area contributed by atoms with E-state index in [1.807, 2.05) is 0 Å². The van der Waals surface area contributed by atoms with E-state index in [1.54, 1.807) is 0 Å². The fraction of sp³-hybridized carbons (Fsp3) is 0.917. The van der Waals surface area contributed by atoms with Gasteiger partial charge >= 0.3 is 0 Å². The molecule has 1 aliphatic rings. The summed E-state index contributed by atoms with van der Waals surface area (Å²) >= 11 is 3.21. The van der Waals surface area contributed by atoms with Crippen LogP contribution >= 0.6 is 15.9 Å². The summed E-state index contributed by atoms with van der Waals surface area (Å²) < 4.78 is 6.16. The Kier molecular flexibility index (Phi) is 6.16. The Hall–Kier alpha value is 0.127. The largest absolute Gasteiger partial charge is 0.377 e. The number of carbonyl (C=O) groups is 1. The number of carbonyl (C=O) groups excluding carboxylic acids is 1. The Morgan fingerprint density at radius 2 is 2.24 bits per heavy atom. The standard InChI is InChI=1S/C12H24BrNO2Si/c1-4-10(14-11(15)9-13)12(17(2)3)7-5-6-8-16-12/h10,17H,4-9H2,1-3H3,(H,14,15). The quantitative estimate of drug-likeness (QED) is 0.623. The van der Waals surface area contributed by atoms with Gasteiger partial charge in [0.25, 0.3) is 0 Å². The van der Waals surface area contributed by atoms with E-state index in [4.69, 9.17) is 4.74 Å². The summed E-state index contributed by atoms with van der Waals surface area (Å²) in [6.07, 6.45) is 4.44. The molecule has 0 saturated carbocycles. The molecule has 0 radical (unpaired) electrons. The molecule has 1 N–H and O–H groups in total. The van der Waals surface area contributed by atoms with Gasteiger partial charge in [0.15, 0.2) is 0 Å². The summed E-state index contributed by atoms with van der Waals surface area (Å²) in [7, 11) is -0.985. The second kappa shape index (κ2) is 6.90. The molecule has 17 heavy (non-hydrogen) atoms. The lowest BCUT2D eigenvalue weighted by Crippen LogP contribution is -2.62. The molecular weight excluding hydrogens is 298 g/mol. The molecule has 1 heterocycles. The molecule has 1 amide bonds. The van der Waals surface area contributed by atoms with Crippen molar-refractivity contribution in [3.8, 4) is 0 Å². The topological polar surface area (TPSA) is 38.3 Å². The van der Waals surface area contributed by atoms with Gasteiger partial charge in [-0.15, -0.1) is 0 Å². The number of halogens is 1. The summed E-state index contributed by atoms with van der Waals surface area (Å²) in [6.45, 7) is 7.64. The first-order chi connectivity index (χ1) is 8.06. The Labute approximate surface area is 114 Å². The fourth-order valence-corrected chi connectivity index (χ4v) is 5.29. The van der Waals surface area contributed by atoms with Crippen molar-refractivity contribution in [2.45, 2.75) is 57.0 Å². The van der Waals surface area contributed by atoms with Crippen LogP contribution in [0.15, 0.2) is 0 Å². The smallest absolute Gasteiger partial charge is 0.230 e. The summed E-state index contributed by atoms with van der Waals surface area (Å²) in [5.41, 5.74) is 0. The van der Waals surface area contributed by atoms with Gasteiger partial charge < -0.3 is 10.1 Å². The van der Waals surface area contributed by atoms with Crippen molar-refractivity contribution < 1.29 is 9.53 Å². The van der Waals surface area contributed by atoms with Crippen LogP contribution in [0.5, 0.6) is 0 Å². The van der Waals surface area contributed by atoms with Crippen LogP contribution in [0.1, 0.15) is 32.6 Å². The Morgan fingerprint density at radius 3 is 2.65 bits per heavy atom. The van der Waals surface area contributed by atoms with Crippen LogP contribution in [0, 0.1) is 0 Å². The number of hydrogen-bond donors (Lipinski definition) is 1. The van der Waals surface area contributed by atoms with E-state index in [0.717, 1.165) is 25.9 Å². The monoisotopic (exact) mass is 321 g/mol. The minimum atomic E-state index is -0.985. The number of hydrogen-bond acceptors (Lipinski definition) is 2. The van der Waals surface area contributed by atoms with E-state index < -0.39 is 8.80 Å². The summed E-state index contributed by atoms with van der Waals surface area (Å²) in [5, 5.41) is 3.47. The first-order valence-corrected chi connectivity index (χ1v) is 10.6. The second-order valence-corrected chi connectivity index (χ2v) is 8.92. The van der Waals surface area contributed by atoms with E-state index in [1.165, 1.54) is 6.42 Å². The van der Waals surface area contributed by atoms with Gasteiger partial charge in [0.1, 0.15) is 0 Å². The minimum Gasteiger partial charge on any atom is -0.377 e. The zero-order valence-electron chi connectivity index (χ0n) is 11.1. The van der Waals surface area contributed by atoms with Crippen molar-refractivity contribution in [1.82, 2.24) is 5.32 Å². The van der Waals surface area contributed by atoms with Crippen molar-refractivity contribution in [1.29, 1.82) is 0 Å². The zero-order valence-corrected chi connectivity index (χ0v) is 13.8. The van der Waals surface area contributed by atoms with Gasteiger partial charge in [0.05, 0.1) is 25.4 Å². The van der Waals surface area contributed by atoms with Crippen molar-refractivity contribution >= 4 is 30.6 Å². The van der Waals surface area contributed by atoms with Crippen molar-refractivity contribution in [2.75, 3.05) is 11.9 Å². The molecule has 1 saturated heterocycles. The van der Waals surface area contributed by atoms with Crippen molar-refractivity contribution in [2.24, 2.45) is 0 Å². The minimum absolute atomic E-state index is 0.0369. The third kappa shape index (κ3) is 3.55. The predicted octanol–water partition coefficient (Wildman–Crippen LogP) is 2.24. The summed E-state index contributed by atoms with van der Waals surface area (Å²) in [6, 6.07) is 0.180. The van der Waals surface area contributed by atoms with E-state index >= 15 is 0 Å². The number of amides is 1. The van der Waals surface area contributed by atoms with Crippen LogP contribution in [0.3, 0.4) is 0 Å². The lowest BCUT2D eigenvalue weighted by molar-refractivity contribution is -0.122. The molecule has 0 aliphatic carbocycles. The van der Waals surface area contributed by atoms with Gasteiger partial charge in [-0.3, -0.25) is 4.79 Å². The third-order valence-corrected chi connectivity index (χ3v) is 7.09. The summed E-state index contributed by atoms with van der Waals surface area (Å²) in [5.74, 6) is 0.0695. The second-order valence-electron chi connectivity index (χ2n) is 5.08. The number of rotatable bonds is 5. The SMILES string of the molecule is CCC(NC(=O)CBr)C1([SiH](C)C)CCCCO1. The number of alkyl halides is 1. The molecule has 1 rings (SSSR count). The molecule has 0 aromatic heterocycles. The van der Waals surface area contributed by atoms with Crippen LogP contribution in [-0.4, -0.2) is 37.9 Å². The van der Waals surface area contributed by atoms with Gasteiger partial charge in [0, 0.05) is 6.61 Å². The predicted molar refractivity (Wildman–Crippen MR) is 77.4 cm³/mol. The molecule has 2 unspecified atom stereocenters. The molecule has 1 aliphatic heterocycles. The first-order valence-electron chi connectivity index (χ1n) is 6.56. The molecule has 0 bridgehead atoms. The maximum Gasteiger partial charge on any atom is 0.230 e. The average molecular weight is 322 g/mol. The molecule has 0 spiro atoms. The van der Waals surface area contributed by atoms with E-state index in [2.05, 4.69) is 41.3 Å². The highest BCUT2D eigenvalue weighted by Crippen LogP contribution is 2.32. The number of nitrogens with one attached hydrogen (secondary N) is 1. The fourth-order valence-electron chi connectivity index (χ4n) is 2.77. The van der Waals surface area contributed by atoms with Crippen LogP contribution < -0.4 is 5.32 Å². The molecule has 5 heteroatoms. The Balaban J connectivity index is 2.82. The molecule has 3 nitrogen and oxygen atoms in total. The van der Waals surface area contributed by atoms with Gasteiger partial charge in [-0.2, -0.15) is 0 Å². The van der Waals surface area contributed by atoms with Gasteiger partial charge in [-0.1, -0.05) is 35.9 Å². The summed E-state index contributed by atoms with van der Waals surface area (Å²) in [4.78, 5) is 11.6. The highest BCUT2D eigenvalue weighted by atomic mass is 79.9. The van der Waals surface area contributed by atoms with Gasteiger partial charge in [-0.25, -0.2) is 0 Å². The maximum absolute atomic E-state index is 11.6. The highest BCUT2D eigenvalue weighted by Gasteiger charge is 2.44. The van der Waals surface area contributed by atoms with Crippen molar-refractivity contribution in [3.05, 3.63) is 0 Å². The third-order valence-electron chi connectivity index (χ3n) is 3.76. The molecule has 100 valence electrons. The van der Waals surface area contributed by atoms with Crippen LogP contribution in [0.4, 0.5) is 0 Å². The normalized spacial score (nSPS) is 26.9. The van der Waals surface area contributed by atoms with E-state index in [0.29, 0.717) is 5.33 Å². The lowest BCUT2D eigenvalue weighted by Gasteiger charge is -2.46. The van der Waals surface area contributed by atoms with Crippen LogP contribution in [0.2, 0.25) is 13.1 Å². The Bertz CT molecular complexity index is 255. The number of ether oxygens (including phenoxy) is 1. The lowest BCUT2D eigenvalue weighted by atomic mass is 9.99. The maximum atomic E-state index is 11.6. The van der Waals surface area contributed by atoms with Crippen LogP contribution in [-0.2, 0) is 9.53 Å².